The predicted molar refractivity (Wildman–Crippen MR) is 68.5 cm³/mol. The predicted octanol–water partition coefficient (Wildman–Crippen LogP) is -0.138. The van der Waals surface area contributed by atoms with Crippen molar-refractivity contribution in [3.8, 4) is 11.8 Å². The fraction of sp³-hybridized carbons (Fsp3) is 0.833. The molecule has 0 saturated carbocycles. The first-order valence-corrected chi connectivity index (χ1v) is 8.00. The van der Waals surface area contributed by atoms with Crippen LogP contribution in [0.1, 0.15) is 19.3 Å². The molecule has 0 aromatic carbocycles. The van der Waals surface area contributed by atoms with Crippen molar-refractivity contribution in [3.05, 3.63) is 0 Å². The van der Waals surface area contributed by atoms with Crippen LogP contribution in [0.2, 0.25) is 0 Å². The molecule has 0 bridgehead atoms. The van der Waals surface area contributed by atoms with Crippen LogP contribution in [0.3, 0.4) is 0 Å². The molecule has 2 heterocycles. The Hall–Kier alpha value is -0.570. The number of rotatable bonds is 2. The van der Waals surface area contributed by atoms with Crippen molar-refractivity contribution in [2.75, 3.05) is 38.5 Å². The number of hydrogen-bond acceptors (Lipinski definition) is 4. The topological polar surface area (TPSA) is 49.4 Å². The second kappa shape index (κ2) is 5.85. The zero-order chi connectivity index (χ0) is 12.1. The van der Waals surface area contributed by atoms with E-state index in [1.54, 1.807) is 0 Å². The van der Waals surface area contributed by atoms with Gasteiger partial charge in [0.2, 0.25) is 0 Å². The van der Waals surface area contributed by atoms with Crippen LogP contribution in [0, 0.1) is 11.8 Å². The van der Waals surface area contributed by atoms with Gasteiger partial charge < -0.3 is 5.32 Å². The van der Waals surface area contributed by atoms with Crippen LogP contribution < -0.4 is 5.32 Å². The van der Waals surface area contributed by atoms with Crippen LogP contribution in [-0.4, -0.2) is 57.0 Å². The highest BCUT2D eigenvalue weighted by atomic mass is 32.2. The zero-order valence-electron chi connectivity index (χ0n) is 10.1. The Labute approximate surface area is 104 Å². The van der Waals surface area contributed by atoms with E-state index >= 15 is 0 Å². The van der Waals surface area contributed by atoms with Crippen LogP contribution in [0.5, 0.6) is 0 Å². The van der Waals surface area contributed by atoms with Gasteiger partial charge in [-0.15, -0.1) is 5.92 Å². The van der Waals surface area contributed by atoms with Gasteiger partial charge in [0.15, 0.2) is 9.84 Å². The van der Waals surface area contributed by atoms with Gasteiger partial charge in [-0.05, 0) is 12.8 Å². The maximum atomic E-state index is 11.6. The maximum Gasteiger partial charge on any atom is 0.154 e. The smallest absolute Gasteiger partial charge is 0.154 e. The fourth-order valence-corrected chi connectivity index (χ4v) is 4.08. The lowest BCUT2D eigenvalue weighted by Crippen LogP contribution is -2.43. The van der Waals surface area contributed by atoms with Crippen LogP contribution in [-0.2, 0) is 9.84 Å². The van der Waals surface area contributed by atoms with E-state index in [4.69, 9.17) is 0 Å². The van der Waals surface area contributed by atoms with Crippen LogP contribution in [0.4, 0.5) is 0 Å². The molecule has 17 heavy (non-hydrogen) atoms. The molecule has 0 aromatic heterocycles. The van der Waals surface area contributed by atoms with Crippen LogP contribution >= 0.6 is 0 Å². The third-order valence-electron chi connectivity index (χ3n) is 3.43. The summed E-state index contributed by atoms with van der Waals surface area (Å²) in [4.78, 5) is 2.30. The van der Waals surface area contributed by atoms with Gasteiger partial charge in [-0.2, -0.15) is 0 Å². The van der Waals surface area contributed by atoms with E-state index in [9.17, 15) is 8.42 Å². The molecule has 1 atom stereocenters. The first-order valence-electron chi connectivity index (χ1n) is 6.29. The van der Waals surface area contributed by atoms with E-state index in [0.717, 1.165) is 45.6 Å². The van der Waals surface area contributed by atoms with E-state index in [2.05, 4.69) is 22.1 Å². The highest BCUT2D eigenvalue weighted by Gasteiger charge is 2.30. The summed E-state index contributed by atoms with van der Waals surface area (Å²) in [5.41, 5.74) is 0. The molecule has 0 aromatic rings. The molecule has 5 heteroatoms. The average molecular weight is 256 g/mol. The van der Waals surface area contributed by atoms with Gasteiger partial charge in [-0.1, -0.05) is 5.92 Å². The van der Waals surface area contributed by atoms with Crippen molar-refractivity contribution in [2.45, 2.75) is 24.5 Å². The van der Waals surface area contributed by atoms with Crippen molar-refractivity contribution in [2.24, 2.45) is 0 Å². The standard InChI is InChI=1S/C12H20N2O2S/c15-17(16)11-3-5-12(17)4-1-2-8-14-9-6-13-7-10-14/h12-13H,3-11H2. The summed E-state index contributed by atoms with van der Waals surface area (Å²) in [7, 11) is -2.82. The number of hydrogen-bond donors (Lipinski definition) is 1. The minimum atomic E-state index is -2.82. The number of sulfone groups is 1. The second-order valence-electron chi connectivity index (χ2n) is 4.72. The summed E-state index contributed by atoms with van der Waals surface area (Å²) in [6, 6.07) is 0. The number of nitrogens with zero attached hydrogens (tertiary/aromatic N) is 1. The summed E-state index contributed by atoms with van der Waals surface area (Å²) in [5.74, 6) is 6.50. The van der Waals surface area contributed by atoms with Gasteiger partial charge in [0.1, 0.15) is 0 Å². The summed E-state index contributed by atoms with van der Waals surface area (Å²) in [5, 5.41) is 3.10. The minimum absolute atomic E-state index is 0.196. The van der Waals surface area contributed by atoms with E-state index in [-0.39, 0.29) is 5.25 Å². The molecule has 2 fully saturated rings. The molecular formula is C12H20N2O2S. The fourth-order valence-electron chi connectivity index (χ4n) is 2.31. The van der Waals surface area contributed by atoms with Gasteiger partial charge in [-0.25, -0.2) is 8.42 Å². The molecule has 2 aliphatic heterocycles. The third-order valence-corrected chi connectivity index (χ3v) is 5.71. The van der Waals surface area contributed by atoms with Gasteiger partial charge in [0.05, 0.1) is 17.5 Å². The van der Waals surface area contributed by atoms with Gasteiger partial charge in [-0.3, -0.25) is 4.90 Å². The molecule has 0 amide bonds. The second-order valence-corrected chi connectivity index (χ2v) is 7.12. The van der Waals surface area contributed by atoms with Crippen molar-refractivity contribution in [1.29, 1.82) is 0 Å². The molecule has 0 radical (unpaired) electrons. The van der Waals surface area contributed by atoms with Crippen LogP contribution in [0.15, 0.2) is 0 Å². The van der Waals surface area contributed by atoms with E-state index < -0.39 is 9.84 Å². The van der Waals surface area contributed by atoms with E-state index in [1.165, 1.54) is 0 Å². The first kappa shape index (κ1) is 12.9. The molecule has 2 aliphatic rings. The molecule has 1 unspecified atom stereocenters. The largest absolute Gasteiger partial charge is 0.314 e. The Morgan fingerprint density at radius 3 is 2.65 bits per heavy atom. The van der Waals surface area contributed by atoms with Crippen molar-refractivity contribution < 1.29 is 8.42 Å². The first-order chi connectivity index (χ1) is 8.18. The summed E-state index contributed by atoms with van der Waals surface area (Å²) < 4.78 is 23.1. The highest BCUT2D eigenvalue weighted by molar-refractivity contribution is 7.92. The summed E-state index contributed by atoms with van der Waals surface area (Å²) >= 11 is 0. The van der Waals surface area contributed by atoms with E-state index in [0.29, 0.717) is 12.2 Å². The lowest BCUT2D eigenvalue weighted by molar-refractivity contribution is 0.268. The molecule has 96 valence electrons. The van der Waals surface area contributed by atoms with Crippen molar-refractivity contribution in [1.82, 2.24) is 10.2 Å². The minimum Gasteiger partial charge on any atom is -0.314 e. The Kier molecular flexibility index (Phi) is 4.43. The number of piperazine rings is 1. The Morgan fingerprint density at radius 1 is 1.24 bits per heavy atom. The maximum absolute atomic E-state index is 11.6. The molecule has 2 saturated heterocycles. The van der Waals surface area contributed by atoms with Gasteiger partial charge in [0.25, 0.3) is 0 Å². The Balaban J connectivity index is 1.74. The van der Waals surface area contributed by atoms with Crippen LogP contribution in [0.25, 0.3) is 0 Å². The monoisotopic (exact) mass is 256 g/mol. The Bertz CT molecular complexity index is 402. The molecule has 0 aliphatic carbocycles. The summed E-state index contributed by atoms with van der Waals surface area (Å²) in [6.45, 7) is 4.90. The normalized spacial score (nSPS) is 28.6. The third kappa shape index (κ3) is 3.70. The lowest BCUT2D eigenvalue weighted by atomic mass is 10.2. The average Bonchev–Trinajstić information content (AvgIpc) is 2.66. The SMILES string of the molecule is O=S1(=O)CCCC1CC#CCN1CCNCC1. The Morgan fingerprint density at radius 2 is 2.00 bits per heavy atom. The molecule has 4 nitrogen and oxygen atoms in total. The lowest BCUT2D eigenvalue weighted by Gasteiger charge is -2.24. The summed E-state index contributed by atoms with van der Waals surface area (Å²) in [6.07, 6.45) is 2.13. The van der Waals surface area contributed by atoms with E-state index in [1.807, 2.05) is 0 Å². The number of nitrogens with one attached hydrogen (secondary N) is 1. The molecule has 1 N–H and O–H groups in total. The quantitative estimate of drug-likeness (QED) is 0.699. The van der Waals surface area contributed by atoms with Gasteiger partial charge in [0, 0.05) is 32.6 Å². The van der Waals surface area contributed by atoms with Crippen molar-refractivity contribution >= 4 is 9.84 Å². The highest BCUT2D eigenvalue weighted by Crippen LogP contribution is 2.22. The van der Waals surface area contributed by atoms with Gasteiger partial charge >= 0.3 is 0 Å². The molecule has 0 spiro atoms. The molecular weight excluding hydrogens is 236 g/mol. The zero-order valence-corrected chi connectivity index (χ0v) is 10.9. The van der Waals surface area contributed by atoms with Crippen molar-refractivity contribution in [3.63, 3.8) is 0 Å². The molecule has 2 rings (SSSR count).